The topological polar surface area (TPSA) is 50.1 Å². The Morgan fingerprint density at radius 2 is 2.37 bits per heavy atom. The van der Waals surface area contributed by atoms with E-state index >= 15 is 0 Å². The molecular formula is C15H21N3O. The molecule has 1 unspecified atom stereocenters. The van der Waals surface area contributed by atoms with E-state index in [0.29, 0.717) is 0 Å². The van der Waals surface area contributed by atoms with Crippen molar-refractivity contribution < 1.29 is 4.42 Å². The highest BCUT2D eigenvalue weighted by Gasteiger charge is 2.12. The monoisotopic (exact) mass is 259 g/mol. The first-order chi connectivity index (χ1) is 9.42. The molecule has 1 aromatic heterocycles. The van der Waals surface area contributed by atoms with Crippen LogP contribution >= 0.6 is 0 Å². The van der Waals surface area contributed by atoms with Crippen molar-refractivity contribution in [1.29, 1.82) is 0 Å². The van der Waals surface area contributed by atoms with Crippen LogP contribution in [-0.4, -0.2) is 30.7 Å². The van der Waals surface area contributed by atoms with Crippen molar-refractivity contribution in [3.63, 3.8) is 0 Å². The summed E-state index contributed by atoms with van der Waals surface area (Å²) in [5.41, 5.74) is 3.12. The molecule has 1 aliphatic rings. The zero-order chi connectivity index (χ0) is 12.9. The molecule has 1 saturated heterocycles. The molecule has 4 heteroatoms. The molecular weight excluding hydrogens is 238 g/mol. The second-order valence-electron chi connectivity index (χ2n) is 5.24. The van der Waals surface area contributed by atoms with Crippen LogP contribution in [0.15, 0.2) is 29.0 Å². The van der Waals surface area contributed by atoms with Crippen LogP contribution in [0.4, 0.5) is 0 Å². The third-order valence-corrected chi connectivity index (χ3v) is 3.82. The molecule has 1 fully saturated rings. The van der Waals surface area contributed by atoms with Gasteiger partial charge in [0, 0.05) is 6.04 Å². The summed E-state index contributed by atoms with van der Waals surface area (Å²) in [6, 6.07) is 6.97. The first kappa shape index (κ1) is 12.6. The number of hydrogen-bond donors (Lipinski definition) is 2. The average Bonchev–Trinajstić information content (AvgIpc) is 3.08. The molecule has 2 heterocycles. The van der Waals surface area contributed by atoms with Crippen molar-refractivity contribution in [2.75, 3.05) is 19.6 Å². The highest BCUT2D eigenvalue weighted by atomic mass is 16.3. The standard InChI is InChI=1S/C15H21N3O/c1-2-13(17-7-1)6-9-16-8-5-12-3-4-14-15(10-12)19-11-18-14/h3-4,10-11,13,16-17H,1-2,5-9H2. The summed E-state index contributed by atoms with van der Waals surface area (Å²) in [6.07, 6.45) is 6.45. The zero-order valence-corrected chi connectivity index (χ0v) is 11.2. The summed E-state index contributed by atoms with van der Waals surface area (Å²) in [6.45, 7) is 3.32. The van der Waals surface area contributed by atoms with E-state index in [1.807, 2.05) is 6.07 Å². The second kappa shape index (κ2) is 6.17. The summed E-state index contributed by atoms with van der Waals surface area (Å²) in [5.74, 6) is 0. The van der Waals surface area contributed by atoms with E-state index < -0.39 is 0 Å². The van der Waals surface area contributed by atoms with Crippen molar-refractivity contribution >= 4 is 11.1 Å². The first-order valence-corrected chi connectivity index (χ1v) is 7.18. The lowest BCUT2D eigenvalue weighted by molar-refractivity contribution is 0.525. The van der Waals surface area contributed by atoms with Gasteiger partial charge in [-0.25, -0.2) is 4.98 Å². The van der Waals surface area contributed by atoms with Gasteiger partial charge in [0.25, 0.3) is 0 Å². The largest absolute Gasteiger partial charge is 0.443 e. The minimum atomic E-state index is 0.734. The molecule has 0 saturated carbocycles. The van der Waals surface area contributed by atoms with E-state index in [0.717, 1.165) is 36.7 Å². The molecule has 0 aliphatic carbocycles. The summed E-state index contributed by atoms with van der Waals surface area (Å²) in [7, 11) is 0. The van der Waals surface area contributed by atoms with E-state index in [1.165, 1.54) is 37.8 Å². The molecule has 0 bridgehead atoms. The lowest BCUT2D eigenvalue weighted by Gasteiger charge is -2.10. The van der Waals surface area contributed by atoms with Crippen LogP contribution in [-0.2, 0) is 6.42 Å². The smallest absolute Gasteiger partial charge is 0.181 e. The van der Waals surface area contributed by atoms with Crippen LogP contribution in [0.5, 0.6) is 0 Å². The fourth-order valence-electron chi connectivity index (χ4n) is 2.69. The van der Waals surface area contributed by atoms with Crippen molar-refractivity contribution in [3.05, 3.63) is 30.2 Å². The lowest BCUT2D eigenvalue weighted by atomic mass is 10.1. The molecule has 102 valence electrons. The molecule has 3 rings (SSSR count). The SMILES string of the molecule is c1nc2ccc(CCNCCC3CCCN3)cc2o1. The number of hydrogen-bond acceptors (Lipinski definition) is 4. The van der Waals surface area contributed by atoms with Crippen molar-refractivity contribution in [2.45, 2.75) is 31.7 Å². The van der Waals surface area contributed by atoms with Crippen LogP contribution in [0, 0.1) is 0 Å². The summed E-state index contributed by atoms with van der Waals surface area (Å²) >= 11 is 0. The Bertz CT molecular complexity index is 517. The second-order valence-corrected chi connectivity index (χ2v) is 5.24. The molecule has 0 amide bonds. The maximum Gasteiger partial charge on any atom is 0.181 e. The normalized spacial score (nSPS) is 19.3. The van der Waals surface area contributed by atoms with Gasteiger partial charge in [0.2, 0.25) is 0 Å². The lowest BCUT2D eigenvalue weighted by Crippen LogP contribution is -2.28. The van der Waals surface area contributed by atoms with Gasteiger partial charge in [-0.3, -0.25) is 0 Å². The van der Waals surface area contributed by atoms with Crippen LogP contribution in [0.25, 0.3) is 11.1 Å². The van der Waals surface area contributed by atoms with E-state index in [4.69, 9.17) is 4.42 Å². The molecule has 0 spiro atoms. The molecule has 1 aliphatic heterocycles. The van der Waals surface area contributed by atoms with E-state index in [-0.39, 0.29) is 0 Å². The van der Waals surface area contributed by atoms with Crippen LogP contribution in [0.2, 0.25) is 0 Å². The number of nitrogens with zero attached hydrogens (tertiary/aromatic N) is 1. The van der Waals surface area contributed by atoms with Gasteiger partial charge in [0.05, 0.1) is 0 Å². The Labute approximate surface area is 113 Å². The van der Waals surface area contributed by atoms with Crippen LogP contribution in [0.3, 0.4) is 0 Å². The molecule has 1 aromatic carbocycles. The molecule has 1 atom stereocenters. The fraction of sp³-hybridized carbons (Fsp3) is 0.533. The molecule has 19 heavy (non-hydrogen) atoms. The predicted octanol–water partition coefficient (Wildman–Crippen LogP) is 2.10. The number of aromatic nitrogens is 1. The zero-order valence-electron chi connectivity index (χ0n) is 11.2. The van der Waals surface area contributed by atoms with E-state index in [9.17, 15) is 0 Å². The Morgan fingerprint density at radius 3 is 3.26 bits per heavy atom. The summed E-state index contributed by atoms with van der Waals surface area (Å²) in [4.78, 5) is 4.12. The van der Waals surface area contributed by atoms with Crippen molar-refractivity contribution in [3.8, 4) is 0 Å². The number of oxazole rings is 1. The molecule has 0 radical (unpaired) electrons. The van der Waals surface area contributed by atoms with Gasteiger partial charge in [0.15, 0.2) is 12.0 Å². The van der Waals surface area contributed by atoms with E-state index in [1.54, 1.807) is 0 Å². The van der Waals surface area contributed by atoms with Gasteiger partial charge in [-0.1, -0.05) is 6.07 Å². The van der Waals surface area contributed by atoms with Gasteiger partial charge in [0.1, 0.15) is 5.52 Å². The minimum Gasteiger partial charge on any atom is -0.443 e. The Kier molecular flexibility index (Phi) is 4.10. The van der Waals surface area contributed by atoms with Crippen LogP contribution < -0.4 is 10.6 Å². The number of nitrogens with one attached hydrogen (secondary N) is 2. The van der Waals surface area contributed by atoms with Crippen molar-refractivity contribution in [2.24, 2.45) is 0 Å². The molecule has 4 nitrogen and oxygen atoms in total. The predicted molar refractivity (Wildman–Crippen MR) is 76.2 cm³/mol. The Morgan fingerprint density at radius 1 is 1.37 bits per heavy atom. The number of benzene rings is 1. The third kappa shape index (κ3) is 3.33. The average molecular weight is 259 g/mol. The van der Waals surface area contributed by atoms with Gasteiger partial charge in [-0.05, 0) is 63.0 Å². The Balaban J connectivity index is 1.39. The highest BCUT2D eigenvalue weighted by molar-refractivity contribution is 5.72. The van der Waals surface area contributed by atoms with E-state index in [2.05, 4.69) is 27.8 Å². The highest BCUT2D eigenvalue weighted by Crippen LogP contribution is 2.14. The van der Waals surface area contributed by atoms with Gasteiger partial charge < -0.3 is 15.1 Å². The maximum atomic E-state index is 5.31. The minimum absolute atomic E-state index is 0.734. The van der Waals surface area contributed by atoms with Crippen molar-refractivity contribution in [1.82, 2.24) is 15.6 Å². The quantitative estimate of drug-likeness (QED) is 0.780. The number of fused-ring (bicyclic) bond motifs is 1. The van der Waals surface area contributed by atoms with Gasteiger partial charge >= 0.3 is 0 Å². The fourth-order valence-corrected chi connectivity index (χ4v) is 2.69. The molecule has 2 N–H and O–H groups in total. The van der Waals surface area contributed by atoms with Gasteiger partial charge in [-0.2, -0.15) is 0 Å². The summed E-state index contributed by atoms with van der Waals surface area (Å²) in [5, 5.41) is 7.04. The Hall–Kier alpha value is -1.39. The first-order valence-electron chi connectivity index (χ1n) is 7.18. The maximum absolute atomic E-state index is 5.31. The molecule has 2 aromatic rings. The number of rotatable bonds is 6. The summed E-state index contributed by atoms with van der Waals surface area (Å²) < 4.78 is 5.31. The van der Waals surface area contributed by atoms with Crippen LogP contribution in [0.1, 0.15) is 24.8 Å². The van der Waals surface area contributed by atoms with Gasteiger partial charge in [-0.15, -0.1) is 0 Å². The third-order valence-electron chi connectivity index (χ3n) is 3.82.